The minimum Gasteiger partial charge on any atom is -0.480 e. The van der Waals surface area contributed by atoms with Crippen molar-refractivity contribution in [1.82, 2.24) is 5.32 Å². The molecular weight excluding hydrogens is 316 g/mol. The minimum atomic E-state index is -1.06. The van der Waals surface area contributed by atoms with Crippen LogP contribution in [-0.2, 0) is 22.4 Å². The molecule has 0 saturated heterocycles. The van der Waals surface area contributed by atoms with Crippen molar-refractivity contribution in [2.24, 2.45) is 5.92 Å². The van der Waals surface area contributed by atoms with Crippen molar-refractivity contribution in [1.29, 1.82) is 0 Å². The van der Waals surface area contributed by atoms with Crippen LogP contribution in [0.5, 0.6) is 0 Å². The number of nitrogens with one attached hydrogen (secondary N) is 2. The minimum absolute atomic E-state index is 0.240. The fourth-order valence-corrected chi connectivity index (χ4v) is 4.26. The van der Waals surface area contributed by atoms with Gasteiger partial charge in [0.15, 0.2) is 0 Å². The number of amides is 2. The summed E-state index contributed by atoms with van der Waals surface area (Å²) in [5, 5.41) is 14.9. The van der Waals surface area contributed by atoms with E-state index in [0.717, 1.165) is 29.7 Å². The maximum atomic E-state index is 12.6. The molecule has 3 N–H and O–H groups in total. The predicted molar refractivity (Wildman–Crippen MR) is 89.0 cm³/mol. The van der Waals surface area contributed by atoms with Gasteiger partial charge in [0.2, 0.25) is 5.91 Å². The van der Waals surface area contributed by atoms with E-state index in [4.69, 9.17) is 5.11 Å². The van der Waals surface area contributed by atoms with Gasteiger partial charge in [0, 0.05) is 11.8 Å². The van der Waals surface area contributed by atoms with Gasteiger partial charge in [0.25, 0.3) is 5.91 Å². The van der Waals surface area contributed by atoms with Crippen LogP contribution in [-0.4, -0.2) is 28.9 Å². The molecule has 1 aromatic heterocycles. The summed E-state index contributed by atoms with van der Waals surface area (Å²) in [6.45, 7) is 5.27. The Morgan fingerprint density at radius 1 is 1.39 bits per heavy atom. The summed E-state index contributed by atoms with van der Waals surface area (Å²) in [6, 6.07) is -0.925. The van der Waals surface area contributed by atoms with Crippen LogP contribution in [0.4, 0.5) is 5.00 Å². The Morgan fingerprint density at radius 3 is 2.65 bits per heavy atom. The summed E-state index contributed by atoms with van der Waals surface area (Å²) in [5.74, 6) is -1.17. The number of rotatable bonds is 5. The van der Waals surface area contributed by atoms with Crippen LogP contribution >= 0.6 is 11.3 Å². The van der Waals surface area contributed by atoms with Crippen molar-refractivity contribution in [2.45, 2.75) is 52.5 Å². The zero-order chi connectivity index (χ0) is 17.1. The number of carboxylic acid groups (broad SMARTS) is 1. The standard InChI is InChI=1S/C16H22N2O4S/c1-4-11(16(21)22)18-14(20)13-10-6-5-8(2)7-12(10)23-15(13)17-9(3)19/h8,11H,4-7H2,1-3H3,(H,17,19)(H,18,20)(H,21,22). The summed E-state index contributed by atoms with van der Waals surface area (Å²) in [7, 11) is 0. The predicted octanol–water partition coefficient (Wildman–Crippen LogP) is 2.42. The summed E-state index contributed by atoms with van der Waals surface area (Å²) >= 11 is 1.43. The Hall–Kier alpha value is -1.89. The number of carboxylic acids is 1. The van der Waals surface area contributed by atoms with Gasteiger partial charge in [-0.2, -0.15) is 0 Å². The SMILES string of the molecule is CCC(NC(=O)c1c(NC(C)=O)sc2c1CCC(C)C2)C(=O)O. The molecule has 0 saturated carbocycles. The Kier molecular flexibility index (Phi) is 5.41. The van der Waals surface area contributed by atoms with E-state index >= 15 is 0 Å². The number of fused-ring (bicyclic) bond motifs is 1. The number of hydrogen-bond acceptors (Lipinski definition) is 4. The lowest BCUT2D eigenvalue weighted by atomic mass is 9.88. The topological polar surface area (TPSA) is 95.5 Å². The molecule has 0 spiro atoms. The first-order valence-electron chi connectivity index (χ1n) is 7.79. The van der Waals surface area contributed by atoms with Gasteiger partial charge in [0.1, 0.15) is 11.0 Å². The molecule has 2 amide bonds. The average Bonchev–Trinajstić information content (AvgIpc) is 2.80. The molecule has 0 radical (unpaired) electrons. The van der Waals surface area contributed by atoms with Gasteiger partial charge in [0.05, 0.1) is 5.56 Å². The second-order valence-corrected chi connectivity index (χ2v) is 7.11. The normalized spacial score (nSPS) is 18.0. The molecule has 0 aromatic carbocycles. The first-order chi connectivity index (χ1) is 10.8. The maximum absolute atomic E-state index is 12.6. The van der Waals surface area contributed by atoms with Crippen molar-refractivity contribution >= 4 is 34.1 Å². The monoisotopic (exact) mass is 338 g/mol. The van der Waals surface area contributed by atoms with Crippen LogP contribution in [0.3, 0.4) is 0 Å². The van der Waals surface area contributed by atoms with Gasteiger partial charge < -0.3 is 15.7 Å². The van der Waals surface area contributed by atoms with E-state index in [1.165, 1.54) is 18.3 Å². The van der Waals surface area contributed by atoms with Crippen LogP contribution in [0.15, 0.2) is 0 Å². The summed E-state index contributed by atoms with van der Waals surface area (Å²) < 4.78 is 0. The smallest absolute Gasteiger partial charge is 0.326 e. The van der Waals surface area contributed by atoms with E-state index < -0.39 is 17.9 Å². The Balaban J connectivity index is 2.36. The lowest BCUT2D eigenvalue weighted by Gasteiger charge is -2.19. The molecule has 1 aromatic rings. The van der Waals surface area contributed by atoms with Gasteiger partial charge >= 0.3 is 5.97 Å². The van der Waals surface area contributed by atoms with Gasteiger partial charge in [-0.05, 0) is 37.2 Å². The van der Waals surface area contributed by atoms with Crippen molar-refractivity contribution in [2.75, 3.05) is 5.32 Å². The number of aliphatic carboxylic acids is 1. The molecule has 1 heterocycles. The van der Waals surface area contributed by atoms with Crippen molar-refractivity contribution in [3.8, 4) is 0 Å². The van der Waals surface area contributed by atoms with E-state index in [2.05, 4.69) is 17.6 Å². The largest absolute Gasteiger partial charge is 0.480 e. The third-order valence-electron chi connectivity index (χ3n) is 4.04. The van der Waals surface area contributed by atoms with Gasteiger partial charge in [-0.1, -0.05) is 13.8 Å². The quantitative estimate of drug-likeness (QED) is 0.768. The maximum Gasteiger partial charge on any atom is 0.326 e. The molecule has 6 nitrogen and oxygen atoms in total. The first-order valence-corrected chi connectivity index (χ1v) is 8.60. The zero-order valence-corrected chi connectivity index (χ0v) is 14.4. The second kappa shape index (κ2) is 7.12. The fourth-order valence-electron chi connectivity index (χ4n) is 2.81. The molecule has 7 heteroatoms. The van der Waals surface area contributed by atoms with Crippen LogP contribution < -0.4 is 10.6 Å². The Morgan fingerprint density at radius 2 is 2.09 bits per heavy atom. The third kappa shape index (κ3) is 3.90. The zero-order valence-electron chi connectivity index (χ0n) is 13.6. The highest BCUT2D eigenvalue weighted by Crippen LogP contribution is 2.39. The molecule has 1 aliphatic carbocycles. The van der Waals surface area contributed by atoms with E-state index in [0.29, 0.717) is 22.9 Å². The Bertz CT molecular complexity index is 638. The van der Waals surface area contributed by atoms with Gasteiger partial charge in [-0.15, -0.1) is 11.3 Å². The number of thiophene rings is 1. The Labute approximate surface area is 139 Å². The molecule has 0 fully saturated rings. The highest BCUT2D eigenvalue weighted by Gasteiger charge is 2.29. The molecule has 2 unspecified atom stereocenters. The number of hydrogen-bond donors (Lipinski definition) is 3. The first kappa shape index (κ1) is 17.5. The molecule has 0 bridgehead atoms. The van der Waals surface area contributed by atoms with Crippen molar-refractivity contribution in [3.63, 3.8) is 0 Å². The van der Waals surface area contributed by atoms with E-state index in [9.17, 15) is 14.4 Å². The third-order valence-corrected chi connectivity index (χ3v) is 5.21. The highest BCUT2D eigenvalue weighted by atomic mass is 32.1. The fraction of sp³-hybridized carbons (Fsp3) is 0.562. The summed E-state index contributed by atoms with van der Waals surface area (Å²) in [6.07, 6.45) is 2.95. The van der Waals surface area contributed by atoms with Gasteiger partial charge in [-0.3, -0.25) is 9.59 Å². The van der Waals surface area contributed by atoms with Crippen molar-refractivity contribution in [3.05, 3.63) is 16.0 Å². The molecule has 2 rings (SSSR count). The summed E-state index contributed by atoms with van der Waals surface area (Å²) in [4.78, 5) is 36.3. The van der Waals surface area contributed by atoms with Crippen LogP contribution in [0.2, 0.25) is 0 Å². The lowest BCUT2D eigenvalue weighted by molar-refractivity contribution is -0.139. The lowest BCUT2D eigenvalue weighted by Crippen LogP contribution is -2.40. The van der Waals surface area contributed by atoms with Crippen LogP contribution in [0.25, 0.3) is 0 Å². The number of carbonyl (C=O) groups is 3. The number of carbonyl (C=O) groups excluding carboxylic acids is 2. The van der Waals surface area contributed by atoms with E-state index in [1.807, 2.05) is 0 Å². The second-order valence-electron chi connectivity index (χ2n) is 6.01. The van der Waals surface area contributed by atoms with Crippen molar-refractivity contribution < 1.29 is 19.5 Å². The molecule has 2 atom stereocenters. The van der Waals surface area contributed by atoms with E-state index in [-0.39, 0.29) is 5.91 Å². The average molecular weight is 338 g/mol. The van der Waals surface area contributed by atoms with E-state index in [1.54, 1.807) is 6.92 Å². The molecule has 0 aliphatic heterocycles. The molecular formula is C16H22N2O4S. The van der Waals surface area contributed by atoms with Gasteiger partial charge in [-0.25, -0.2) is 4.79 Å². The van der Waals surface area contributed by atoms with Crippen LogP contribution in [0, 0.1) is 5.92 Å². The van der Waals surface area contributed by atoms with Crippen LogP contribution in [0.1, 0.15) is 54.4 Å². The molecule has 1 aliphatic rings. The molecule has 126 valence electrons. The number of anilines is 1. The summed E-state index contributed by atoms with van der Waals surface area (Å²) in [5.41, 5.74) is 1.39. The molecule has 23 heavy (non-hydrogen) atoms. The highest BCUT2D eigenvalue weighted by molar-refractivity contribution is 7.17.